The normalized spacial score (nSPS) is 19.9. The predicted octanol–water partition coefficient (Wildman–Crippen LogP) is 1.02. The van der Waals surface area contributed by atoms with E-state index in [0.29, 0.717) is 17.8 Å². The molecular formula is C13H17FN2O2. The Bertz CT molecular complexity index is 451. The van der Waals surface area contributed by atoms with Gasteiger partial charge in [0.05, 0.1) is 12.5 Å². The van der Waals surface area contributed by atoms with Crippen LogP contribution >= 0.6 is 0 Å². The van der Waals surface area contributed by atoms with Gasteiger partial charge in [0.25, 0.3) is 0 Å². The fraction of sp³-hybridized carbons (Fsp3) is 0.462. The monoisotopic (exact) mass is 252 g/mol. The summed E-state index contributed by atoms with van der Waals surface area (Å²) in [6.07, 6.45) is 1.65. The number of aliphatic hydroxyl groups excluding tert-OH is 1. The molecule has 3 N–H and O–H groups in total. The van der Waals surface area contributed by atoms with E-state index >= 15 is 0 Å². The van der Waals surface area contributed by atoms with E-state index < -0.39 is 0 Å². The van der Waals surface area contributed by atoms with E-state index in [9.17, 15) is 9.18 Å². The molecule has 4 nitrogen and oxygen atoms in total. The van der Waals surface area contributed by atoms with Crippen molar-refractivity contribution in [2.45, 2.75) is 19.4 Å². The van der Waals surface area contributed by atoms with Crippen LogP contribution in [0.2, 0.25) is 0 Å². The molecule has 1 unspecified atom stereocenters. The third-order valence-corrected chi connectivity index (χ3v) is 3.31. The Labute approximate surface area is 105 Å². The number of primary amides is 1. The van der Waals surface area contributed by atoms with E-state index in [1.807, 2.05) is 4.90 Å². The molecule has 1 aromatic rings. The second-order valence-electron chi connectivity index (χ2n) is 4.66. The minimum atomic E-state index is -0.377. The zero-order chi connectivity index (χ0) is 13.1. The molecule has 1 fully saturated rings. The fourth-order valence-corrected chi connectivity index (χ4v) is 2.35. The molecule has 2 rings (SSSR count). The molecule has 1 heterocycles. The number of nitrogens with zero attached hydrogens (tertiary/aromatic N) is 1. The van der Waals surface area contributed by atoms with Crippen LogP contribution < -0.4 is 10.6 Å². The Morgan fingerprint density at radius 1 is 1.50 bits per heavy atom. The molecule has 0 aromatic heterocycles. The summed E-state index contributed by atoms with van der Waals surface area (Å²) in [5.41, 5.74) is 6.55. The molecule has 0 aliphatic carbocycles. The van der Waals surface area contributed by atoms with Gasteiger partial charge in [0.15, 0.2) is 0 Å². The number of nitrogens with two attached hydrogens (primary N) is 1. The number of hydrogen-bond acceptors (Lipinski definition) is 3. The van der Waals surface area contributed by atoms with Gasteiger partial charge in [0.1, 0.15) is 5.82 Å². The highest BCUT2D eigenvalue weighted by Crippen LogP contribution is 2.25. The summed E-state index contributed by atoms with van der Waals surface area (Å²) in [6.45, 7) is 1.10. The first-order valence-electron chi connectivity index (χ1n) is 6.04. The van der Waals surface area contributed by atoms with Crippen LogP contribution in [0.4, 0.5) is 10.1 Å². The van der Waals surface area contributed by atoms with Crippen molar-refractivity contribution < 1.29 is 14.3 Å². The number of benzene rings is 1. The molecule has 1 aromatic carbocycles. The fourth-order valence-electron chi connectivity index (χ4n) is 2.35. The number of carbonyl (C=O) groups is 1. The average Bonchev–Trinajstić information content (AvgIpc) is 2.38. The van der Waals surface area contributed by atoms with Crippen molar-refractivity contribution in [3.05, 3.63) is 29.6 Å². The van der Waals surface area contributed by atoms with Crippen LogP contribution in [0.3, 0.4) is 0 Å². The highest BCUT2D eigenvalue weighted by molar-refractivity contribution is 5.77. The molecule has 5 heteroatoms. The number of hydrogen-bond donors (Lipinski definition) is 2. The van der Waals surface area contributed by atoms with E-state index in [2.05, 4.69) is 0 Å². The van der Waals surface area contributed by atoms with E-state index in [1.165, 1.54) is 12.1 Å². The molecule has 1 aliphatic rings. The van der Waals surface area contributed by atoms with Gasteiger partial charge in [0, 0.05) is 18.8 Å². The van der Waals surface area contributed by atoms with Gasteiger partial charge in [0.2, 0.25) is 5.91 Å². The molecule has 1 atom stereocenters. The first kappa shape index (κ1) is 12.8. The molecule has 1 aliphatic heterocycles. The number of halogens is 1. The summed E-state index contributed by atoms with van der Waals surface area (Å²) < 4.78 is 13.4. The smallest absolute Gasteiger partial charge is 0.222 e. The standard InChI is InChI=1S/C13H17FN2O2/c14-11-4-9(8-17)5-12(6-11)16-3-1-2-10(7-16)13(15)18/h4-6,10,17H,1-3,7-8H2,(H2,15,18). The predicted molar refractivity (Wildman–Crippen MR) is 66.5 cm³/mol. The maximum Gasteiger partial charge on any atom is 0.222 e. The van der Waals surface area contributed by atoms with Crippen LogP contribution in [-0.2, 0) is 11.4 Å². The molecule has 0 spiro atoms. The van der Waals surface area contributed by atoms with Crippen LogP contribution in [-0.4, -0.2) is 24.1 Å². The van der Waals surface area contributed by atoms with Gasteiger partial charge in [-0.15, -0.1) is 0 Å². The third kappa shape index (κ3) is 2.79. The molecule has 0 bridgehead atoms. The van der Waals surface area contributed by atoms with E-state index in [4.69, 9.17) is 10.8 Å². The summed E-state index contributed by atoms with van der Waals surface area (Å²) in [4.78, 5) is 13.1. The van der Waals surface area contributed by atoms with Crippen molar-refractivity contribution in [2.24, 2.45) is 11.7 Å². The van der Waals surface area contributed by atoms with Crippen molar-refractivity contribution in [3.8, 4) is 0 Å². The van der Waals surface area contributed by atoms with Gasteiger partial charge < -0.3 is 15.7 Å². The lowest BCUT2D eigenvalue weighted by atomic mass is 9.97. The van der Waals surface area contributed by atoms with E-state index in [-0.39, 0.29) is 24.2 Å². The second kappa shape index (κ2) is 5.35. The molecule has 1 saturated heterocycles. The molecule has 1 amide bonds. The van der Waals surface area contributed by atoms with Crippen LogP contribution in [0.25, 0.3) is 0 Å². The van der Waals surface area contributed by atoms with Crippen LogP contribution in [0, 0.1) is 11.7 Å². The van der Waals surface area contributed by atoms with Crippen molar-refractivity contribution in [2.75, 3.05) is 18.0 Å². The molecule has 0 saturated carbocycles. The SMILES string of the molecule is NC(=O)C1CCCN(c2cc(F)cc(CO)c2)C1. The number of anilines is 1. The van der Waals surface area contributed by atoms with E-state index in [0.717, 1.165) is 19.4 Å². The number of aliphatic hydroxyl groups is 1. The summed E-state index contributed by atoms with van der Waals surface area (Å²) in [5.74, 6) is -0.865. The summed E-state index contributed by atoms with van der Waals surface area (Å²) >= 11 is 0. The number of carbonyl (C=O) groups excluding carboxylic acids is 1. The number of rotatable bonds is 3. The molecule has 0 radical (unpaired) electrons. The van der Waals surface area contributed by atoms with Crippen molar-refractivity contribution in [1.29, 1.82) is 0 Å². The Morgan fingerprint density at radius 3 is 2.94 bits per heavy atom. The van der Waals surface area contributed by atoms with Crippen LogP contribution in [0.5, 0.6) is 0 Å². The van der Waals surface area contributed by atoms with Gasteiger partial charge >= 0.3 is 0 Å². The van der Waals surface area contributed by atoms with Crippen molar-refractivity contribution in [1.82, 2.24) is 0 Å². The van der Waals surface area contributed by atoms with Crippen molar-refractivity contribution in [3.63, 3.8) is 0 Å². The quantitative estimate of drug-likeness (QED) is 0.844. The zero-order valence-corrected chi connectivity index (χ0v) is 10.1. The minimum absolute atomic E-state index is 0.181. The van der Waals surface area contributed by atoms with E-state index in [1.54, 1.807) is 6.07 Å². The lowest BCUT2D eigenvalue weighted by Gasteiger charge is -2.33. The Morgan fingerprint density at radius 2 is 2.28 bits per heavy atom. The highest BCUT2D eigenvalue weighted by Gasteiger charge is 2.24. The molecule has 98 valence electrons. The van der Waals surface area contributed by atoms with Gasteiger partial charge in [-0.25, -0.2) is 4.39 Å². The van der Waals surface area contributed by atoms with Gasteiger partial charge in [-0.05, 0) is 36.6 Å². The maximum absolute atomic E-state index is 13.4. The molecular weight excluding hydrogens is 235 g/mol. The summed E-state index contributed by atoms with van der Waals surface area (Å²) in [6, 6.07) is 4.47. The Hall–Kier alpha value is -1.62. The van der Waals surface area contributed by atoms with Crippen LogP contribution in [0.15, 0.2) is 18.2 Å². The maximum atomic E-state index is 13.4. The zero-order valence-electron chi connectivity index (χ0n) is 10.1. The van der Waals surface area contributed by atoms with Gasteiger partial charge in [-0.1, -0.05) is 0 Å². The van der Waals surface area contributed by atoms with Gasteiger partial charge in [-0.2, -0.15) is 0 Å². The Balaban J connectivity index is 2.20. The Kier molecular flexibility index (Phi) is 3.81. The summed E-state index contributed by atoms with van der Waals surface area (Å²) in [5, 5.41) is 9.07. The molecule has 18 heavy (non-hydrogen) atoms. The topological polar surface area (TPSA) is 66.6 Å². The largest absolute Gasteiger partial charge is 0.392 e. The second-order valence-corrected chi connectivity index (χ2v) is 4.66. The lowest BCUT2D eigenvalue weighted by Crippen LogP contribution is -2.41. The highest BCUT2D eigenvalue weighted by atomic mass is 19.1. The lowest BCUT2D eigenvalue weighted by molar-refractivity contribution is -0.122. The third-order valence-electron chi connectivity index (χ3n) is 3.31. The minimum Gasteiger partial charge on any atom is -0.392 e. The average molecular weight is 252 g/mol. The van der Waals surface area contributed by atoms with Crippen molar-refractivity contribution >= 4 is 11.6 Å². The first-order valence-corrected chi connectivity index (χ1v) is 6.04. The number of piperidine rings is 1. The first-order chi connectivity index (χ1) is 8.60. The van der Waals surface area contributed by atoms with Crippen LogP contribution in [0.1, 0.15) is 18.4 Å². The number of amides is 1. The van der Waals surface area contributed by atoms with Gasteiger partial charge in [-0.3, -0.25) is 4.79 Å². The summed E-state index contributed by atoms with van der Waals surface area (Å²) in [7, 11) is 0.